The van der Waals surface area contributed by atoms with E-state index < -0.39 is 0 Å². The number of nitrogens with zero attached hydrogens (tertiary/aromatic N) is 2. The van der Waals surface area contributed by atoms with Crippen molar-refractivity contribution in [2.75, 3.05) is 31.1 Å². The summed E-state index contributed by atoms with van der Waals surface area (Å²) < 4.78 is 14.2. The molecule has 1 aliphatic heterocycles. The number of hydrogen-bond donors (Lipinski definition) is 1. The van der Waals surface area contributed by atoms with Gasteiger partial charge in [0, 0.05) is 37.1 Å². The molecular weight excluding hydrogens is 405 g/mol. The molecule has 3 heterocycles. The second-order valence-corrected chi connectivity index (χ2v) is 9.10. The SMILES string of the molecule is C[C@H](NC(=O)c1cccs1)[C@@H](c1cccs1)N1CCN(c2ccccc2F)CC1. The first-order valence-corrected chi connectivity index (χ1v) is 11.5. The summed E-state index contributed by atoms with van der Waals surface area (Å²) in [5, 5.41) is 7.17. The summed E-state index contributed by atoms with van der Waals surface area (Å²) in [6, 6.07) is 14.9. The number of nitrogens with one attached hydrogen (secondary N) is 1. The molecule has 1 aromatic carbocycles. The van der Waals surface area contributed by atoms with Crippen LogP contribution in [-0.4, -0.2) is 43.0 Å². The van der Waals surface area contributed by atoms with Gasteiger partial charge < -0.3 is 10.2 Å². The maximum atomic E-state index is 14.2. The number of piperazine rings is 1. The third kappa shape index (κ3) is 4.52. The zero-order valence-corrected chi connectivity index (χ0v) is 17.9. The minimum absolute atomic E-state index is 0.0287. The average Bonchev–Trinajstić information content (AvgIpc) is 3.44. The lowest BCUT2D eigenvalue weighted by Gasteiger charge is -2.42. The lowest BCUT2D eigenvalue weighted by Crippen LogP contribution is -2.52. The van der Waals surface area contributed by atoms with Gasteiger partial charge in [-0.2, -0.15) is 0 Å². The maximum Gasteiger partial charge on any atom is 0.261 e. The number of rotatable bonds is 6. The van der Waals surface area contributed by atoms with Crippen LogP contribution in [0.2, 0.25) is 0 Å². The lowest BCUT2D eigenvalue weighted by atomic mass is 10.0. The van der Waals surface area contributed by atoms with Crippen molar-refractivity contribution in [3.05, 3.63) is 74.9 Å². The Bertz CT molecular complexity index is 921. The Kier molecular flexibility index (Phi) is 6.28. The van der Waals surface area contributed by atoms with Crippen molar-refractivity contribution in [2.45, 2.75) is 19.0 Å². The summed E-state index contributed by atoms with van der Waals surface area (Å²) in [5.41, 5.74) is 0.666. The molecule has 1 N–H and O–H groups in total. The van der Waals surface area contributed by atoms with E-state index in [2.05, 4.69) is 39.6 Å². The third-order valence-electron chi connectivity index (χ3n) is 5.31. The maximum absolute atomic E-state index is 14.2. The average molecular weight is 430 g/mol. The zero-order chi connectivity index (χ0) is 20.2. The van der Waals surface area contributed by atoms with Gasteiger partial charge in [0.25, 0.3) is 5.91 Å². The smallest absolute Gasteiger partial charge is 0.261 e. The van der Waals surface area contributed by atoms with Gasteiger partial charge in [-0.15, -0.1) is 22.7 Å². The van der Waals surface area contributed by atoms with Crippen molar-refractivity contribution < 1.29 is 9.18 Å². The van der Waals surface area contributed by atoms with Crippen LogP contribution in [-0.2, 0) is 0 Å². The number of para-hydroxylation sites is 1. The highest BCUT2D eigenvalue weighted by Crippen LogP contribution is 2.31. The Balaban J connectivity index is 1.47. The van der Waals surface area contributed by atoms with E-state index in [1.54, 1.807) is 17.4 Å². The molecule has 2 aromatic heterocycles. The number of carbonyl (C=O) groups is 1. The lowest BCUT2D eigenvalue weighted by molar-refractivity contribution is 0.0894. The Morgan fingerprint density at radius 2 is 1.72 bits per heavy atom. The summed E-state index contributed by atoms with van der Waals surface area (Å²) in [6.07, 6.45) is 0. The van der Waals surface area contributed by atoms with Crippen LogP contribution in [0.4, 0.5) is 10.1 Å². The third-order valence-corrected chi connectivity index (χ3v) is 7.12. The van der Waals surface area contributed by atoms with Crippen LogP contribution < -0.4 is 10.2 Å². The first-order valence-electron chi connectivity index (χ1n) is 9.75. The van der Waals surface area contributed by atoms with Crippen LogP contribution in [0.25, 0.3) is 0 Å². The summed E-state index contributed by atoms with van der Waals surface area (Å²) >= 11 is 3.17. The molecule has 7 heteroatoms. The van der Waals surface area contributed by atoms with Crippen molar-refractivity contribution in [2.24, 2.45) is 0 Å². The van der Waals surface area contributed by atoms with E-state index in [9.17, 15) is 9.18 Å². The quantitative estimate of drug-likeness (QED) is 0.621. The molecule has 1 aliphatic rings. The molecule has 1 fully saturated rings. The Labute approximate surface area is 178 Å². The predicted octanol–water partition coefficient (Wildman–Crippen LogP) is 4.63. The molecule has 29 heavy (non-hydrogen) atoms. The highest BCUT2D eigenvalue weighted by molar-refractivity contribution is 7.12. The highest BCUT2D eigenvalue weighted by Gasteiger charge is 2.31. The van der Waals surface area contributed by atoms with Crippen molar-refractivity contribution in [3.63, 3.8) is 0 Å². The van der Waals surface area contributed by atoms with Crippen molar-refractivity contribution in [3.8, 4) is 0 Å². The molecule has 0 spiro atoms. The second kappa shape index (κ2) is 9.07. The number of anilines is 1. The van der Waals surface area contributed by atoms with Crippen LogP contribution in [0.5, 0.6) is 0 Å². The second-order valence-electron chi connectivity index (χ2n) is 7.17. The summed E-state index contributed by atoms with van der Waals surface area (Å²) in [6.45, 7) is 5.22. The molecule has 4 nitrogen and oxygen atoms in total. The number of halogens is 1. The van der Waals surface area contributed by atoms with E-state index >= 15 is 0 Å². The fourth-order valence-corrected chi connectivity index (χ4v) is 5.51. The molecule has 0 bridgehead atoms. The van der Waals surface area contributed by atoms with Gasteiger partial charge >= 0.3 is 0 Å². The zero-order valence-electron chi connectivity index (χ0n) is 16.3. The molecule has 0 radical (unpaired) electrons. The van der Waals surface area contributed by atoms with E-state index in [0.717, 1.165) is 31.1 Å². The standard InChI is InChI=1S/C22H24FN3OS2/c1-16(24-22(27)20-9-5-15-29-20)21(19-8-4-14-28-19)26-12-10-25(11-13-26)18-7-3-2-6-17(18)23/h2-9,14-16,21H,10-13H2,1H3,(H,24,27)/t16-,21-/m0/s1. The van der Waals surface area contributed by atoms with Gasteiger partial charge in [0.05, 0.1) is 16.6 Å². The van der Waals surface area contributed by atoms with Crippen LogP contribution in [0, 0.1) is 5.82 Å². The Morgan fingerprint density at radius 3 is 2.38 bits per heavy atom. The fraction of sp³-hybridized carbons (Fsp3) is 0.318. The number of carbonyl (C=O) groups excluding carboxylic acids is 1. The monoisotopic (exact) mass is 429 g/mol. The van der Waals surface area contributed by atoms with E-state index in [0.29, 0.717) is 5.69 Å². The van der Waals surface area contributed by atoms with Gasteiger partial charge in [0.2, 0.25) is 0 Å². The molecule has 0 saturated carbocycles. The van der Waals surface area contributed by atoms with Crippen LogP contribution >= 0.6 is 22.7 Å². The van der Waals surface area contributed by atoms with Gasteiger partial charge in [-0.3, -0.25) is 9.69 Å². The molecule has 1 saturated heterocycles. The molecule has 3 aromatic rings. The van der Waals surface area contributed by atoms with Crippen molar-refractivity contribution >= 4 is 34.3 Å². The van der Waals surface area contributed by atoms with E-state index in [1.165, 1.54) is 22.3 Å². The minimum atomic E-state index is -0.174. The van der Waals surface area contributed by atoms with Gasteiger partial charge in [-0.1, -0.05) is 24.3 Å². The van der Waals surface area contributed by atoms with Crippen LogP contribution in [0.1, 0.15) is 27.5 Å². The fourth-order valence-electron chi connectivity index (χ4n) is 3.92. The van der Waals surface area contributed by atoms with Gasteiger partial charge in [0.15, 0.2) is 0 Å². The highest BCUT2D eigenvalue weighted by atomic mass is 32.1. The van der Waals surface area contributed by atoms with Crippen LogP contribution in [0.15, 0.2) is 59.3 Å². The molecule has 2 atom stereocenters. The van der Waals surface area contributed by atoms with Crippen LogP contribution in [0.3, 0.4) is 0 Å². The van der Waals surface area contributed by atoms with E-state index in [-0.39, 0.29) is 23.8 Å². The molecule has 0 unspecified atom stereocenters. The predicted molar refractivity (Wildman–Crippen MR) is 118 cm³/mol. The minimum Gasteiger partial charge on any atom is -0.367 e. The van der Waals surface area contributed by atoms with Crippen molar-refractivity contribution in [1.29, 1.82) is 0 Å². The molecule has 152 valence electrons. The first-order chi connectivity index (χ1) is 14.1. The van der Waals surface area contributed by atoms with E-state index in [1.807, 2.05) is 29.6 Å². The number of thiophene rings is 2. The molecule has 1 amide bonds. The largest absolute Gasteiger partial charge is 0.367 e. The van der Waals surface area contributed by atoms with Gasteiger partial charge in [-0.25, -0.2) is 4.39 Å². The number of amides is 1. The van der Waals surface area contributed by atoms with Gasteiger partial charge in [0.1, 0.15) is 5.82 Å². The molecule has 4 rings (SSSR count). The van der Waals surface area contributed by atoms with E-state index in [4.69, 9.17) is 0 Å². The summed E-state index contributed by atoms with van der Waals surface area (Å²) in [4.78, 5) is 19.1. The normalized spacial score (nSPS) is 17.1. The molecule has 0 aliphatic carbocycles. The van der Waals surface area contributed by atoms with Crippen molar-refractivity contribution in [1.82, 2.24) is 10.2 Å². The topological polar surface area (TPSA) is 35.6 Å². The number of benzene rings is 1. The van der Waals surface area contributed by atoms with Gasteiger partial charge in [-0.05, 0) is 41.9 Å². The molecular formula is C22H24FN3OS2. The Morgan fingerprint density at radius 1 is 1.00 bits per heavy atom. The summed E-state index contributed by atoms with van der Waals surface area (Å²) in [5.74, 6) is -0.202. The first kappa shape index (κ1) is 20.1. The Hall–Kier alpha value is -2.22. The number of hydrogen-bond acceptors (Lipinski definition) is 5. The summed E-state index contributed by atoms with van der Waals surface area (Å²) in [7, 11) is 0.